The molecule has 7 rings (SSSR count). The Morgan fingerprint density at radius 1 is 1.04 bits per heavy atom. The number of amides is 1. The van der Waals surface area contributed by atoms with Gasteiger partial charge in [-0.1, -0.05) is 41.4 Å². The van der Waals surface area contributed by atoms with Crippen LogP contribution in [0.15, 0.2) is 42.5 Å². The van der Waals surface area contributed by atoms with Crippen molar-refractivity contribution in [1.29, 1.82) is 0 Å². The van der Waals surface area contributed by atoms with Gasteiger partial charge in [-0.05, 0) is 44.0 Å². The fourth-order valence-corrected chi connectivity index (χ4v) is 7.74. The molecule has 4 aliphatic heterocycles. The minimum atomic E-state index is -1.19. The van der Waals surface area contributed by atoms with E-state index in [-0.39, 0.29) is 64.0 Å². The number of hydrogen-bond donors (Lipinski definition) is 2. The second-order valence-electron chi connectivity index (χ2n) is 12.1. The number of rotatable bonds is 5. The van der Waals surface area contributed by atoms with E-state index in [2.05, 4.69) is 22.0 Å². The van der Waals surface area contributed by atoms with Crippen molar-refractivity contribution in [3.8, 4) is 16.9 Å². The number of fused-ring (bicyclic) bond motifs is 3. The number of benzene rings is 3. The fourth-order valence-electron chi connectivity index (χ4n) is 7.10. The summed E-state index contributed by atoms with van der Waals surface area (Å²) in [7, 11) is 0. The highest BCUT2D eigenvalue weighted by atomic mass is 35.5. The number of para-hydroxylation sites is 1. The van der Waals surface area contributed by atoms with Gasteiger partial charge in [-0.25, -0.2) is 9.18 Å². The monoisotopic (exact) mass is 654 g/mol. The molecule has 4 aliphatic rings. The van der Waals surface area contributed by atoms with Gasteiger partial charge in [0.15, 0.2) is 6.73 Å². The van der Waals surface area contributed by atoms with Crippen molar-refractivity contribution in [3.05, 3.63) is 75.0 Å². The van der Waals surface area contributed by atoms with Crippen LogP contribution in [0.25, 0.3) is 11.1 Å². The molecule has 3 atom stereocenters. The van der Waals surface area contributed by atoms with Gasteiger partial charge < -0.3 is 34.6 Å². The number of carbonyl (C=O) groups is 2. The zero-order chi connectivity index (χ0) is 31.4. The lowest BCUT2D eigenvalue weighted by molar-refractivity contribution is 0.0516. The number of nitrogens with zero attached hydrogens (tertiary/aromatic N) is 3. The van der Waals surface area contributed by atoms with Crippen molar-refractivity contribution in [2.24, 2.45) is 0 Å². The molecular formula is C33H33Cl2FN4O5. The van der Waals surface area contributed by atoms with Crippen LogP contribution in [-0.4, -0.2) is 79.6 Å². The molecule has 236 valence electrons. The smallest absolute Gasteiger partial charge is 0.337 e. The lowest BCUT2D eigenvalue weighted by Crippen LogP contribution is -2.50. The summed E-state index contributed by atoms with van der Waals surface area (Å²) in [6.07, 6.45) is 1.77. The SMILES string of the molecule is C[C@@H]1CNCCN1c1cc(Cl)c(C(=O)N2COc3c(cccc3-c3cc(N4C5CCC4COC5)c(C(=O)O)cc3F)C2)c(Cl)c1. The molecule has 0 radical (unpaired) electrons. The molecule has 2 bridgehead atoms. The third-order valence-electron chi connectivity index (χ3n) is 9.31. The van der Waals surface area contributed by atoms with Crippen molar-refractivity contribution in [2.45, 2.75) is 44.4 Å². The number of piperazine rings is 1. The van der Waals surface area contributed by atoms with E-state index >= 15 is 4.39 Å². The Hall–Kier alpha value is -3.57. The zero-order valence-electron chi connectivity index (χ0n) is 24.7. The number of morpholine rings is 1. The first-order valence-corrected chi connectivity index (χ1v) is 15.9. The van der Waals surface area contributed by atoms with Gasteiger partial charge in [0.1, 0.15) is 11.6 Å². The Kier molecular flexibility index (Phi) is 8.02. The van der Waals surface area contributed by atoms with Crippen molar-refractivity contribution < 1.29 is 28.6 Å². The number of ether oxygens (including phenoxy) is 2. The van der Waals surface area contributed by atoms with Crippen molar-refractivity contribution >= 4 is 46.5 Å². The Labute approximate surface area is 270 Å². The lowest BCUT2D eigenvalue weighted by atomic mass is 9.96. The summed E-state index contributed by atoms with van der Waals surface area (Å²) in [5, 5.41) is 13.8. The molecule has 9 nitrogen and oxygen atoms in total. The van der Waals surface area contributed by atoms with E-state index < -0.39 is 11.8 Å². The normalized spacial score (nSPS) is 22.7. The molecule has 2 N–H and O–H groups in total. The number of carboxylic acids is 1. The number of nitrogens with one attached hydrogen (secondary N) is 1. The van der Waals surface area contributed by atoms with Crippen LogP contribution in [0.3, 0.4) is 0 Å². The van der Waals surface area contributed by atoms with Crippen LogP contribution < -0.4 is 19.9 Å². The second-order valence-corrected chi connectivity index (χ2v) is 12.9. The molecule has 45 heavy (non-hydrogen) atoms. The highest BCUT2D eigenvalue weighted by Crippen LogP contribution is 2.43. The average Bonchev–Trinajstić information content (AvgIpc) is 3.27. The Morgan fingerprint density at radius 2 is 1.78 bits per heavy atom. The summed E-state index contributed by atoms with van der Waals surface area (Å²) < 4.78 is 27.5. The molecule has 3 fully saturated rings. The molecule has 0 spiro atoms. The summed E-state index contributed by atoms with van der Waals surface area (Å²) in [6, 6.07) is 11.9. The van der Waals surface area contributed by atoms with Crippen LogP contribution in [0.4, 0.5) is 15.8 Å². The summed E-state index contributed by atoms with van der Waals surface area (Å²) in [4.78, 5) is 31.7. The quantitative estimate of drug-likeness (QED) is 0.364. The molecule has 0 aliphatic carbocycles. The second kappa shape index (κ2) is 12.0. The van der Waals surface area contributed by atoms with Gasteiger partial charge in [-0.2, -0.15) is 0 Å². The van der Waals surface area contributed by atoms with Crippen LogP contribution in [-0.2, 0) is 11.3 Å². The highest BCUT2D eigenvalue weighted by Gasteiger charge is 2.40. The van der Waals surface area contributed by atoms with Gasteiger partial charge in [-0.15, -0.1) is 0 Å². The fraction of sp³-hybridized carbons (Fsp3) is 0.394. The topological polar surface area (TPSA) is 94.6 Å². The van der Waals surface area contributed by atoms with Gasteiger partial charge >= 0.3 is 5.97 Å². The summed E-state index contributed by atoms with van der Waals surface area (Å²) in [6.45, 7) is 5.70. The number of carboxylic acid groups (broad SMARTS) is 1. The Balaban J connectivity index is 1.19. The lowest BCUT2D eigenvalue weighted by Gasteiger charge is -2.37. The molecule has 2 unspecified atom stereocenters. The summed E-state index contributed by atoms with van der Waals surface area (Å²) in [5.41, 5.74) is 2.86. The average molecular weight is 656 g/mol. The maximum atomic E-state index is 15.7. The van der Waals surface area contributed by atoms with Crippen LogP contribution in [0.2, 0.25) is 10.0 Å². The van der Waals surface area contributed by atoms with Crippen LogP contribution in [0, 0.1) is 5.82 Å². The first kappa shape index (κ1) is 30.1. The molecule has 3 aromatic carbocycles. The van der Waals surface area contributed by atoms with Crippen molar-refractivity contribution in [3.63, 3.8) is 0 Å². The molecule has 3 saturated heterocycles. The van der Waals surface area contributed by atoms with E-state index in [0.717, 1.165) is 44.2 Å². The predicted molar refractivity (Wildman–Crippen MR) is 170 cm³/mol. The number of hydrogen-bond acceptors (Lipinski definition) is 7. The van der Waals surface area contributed by atoms with Gasteiger partial charge in [0.05, 0.1) is 58.7 Å². The highest BCUT2D eigenvalue weighted by molar-refractivity contribution is 6.40. The molecule has 12 heteroatoms. The van der Waals surface area contributed by atoms with Crippen molar-refractivity contribution in [2.75, 3.05) is 49.4 Å². The largest absolute Gasteiger partial charge is 0.478 e. The summed E-state index contributed by atoms with van der Waals surface area (Å²) >= 11 is 13.3. The maximum absolute atomic E-state index is 15.7. The van der Waals surface area contributed by atoms with E-state index in [9.17, 15) is 14.7 Å². The van der Waals surface area contributed by atoms with Gasteiger partial charge in [-0.3, -0.25) is 4.79 Å². The van der Waals surface area contributed by atoms with Gasteiger partial charge in [0.2, 0.25) is 0 Å². The molecule has 1 amide bonds. The molecule has 0 aromatic heterocycles. The molecule has 4 heterocycles. The molecular weight excluding hydrogens is 622 g/mol. The number of aromatic carboxylic acids is 1. The Bertz CT molecular complexity index is 1650. The number of anilines is 2. The van der Waals surface area contributed by atoms with Crippen LogP contribution in [0.5, 0.6) is 5.75 Å². The van der Waals surface area contributed by atoms with Gasteiger partial charge in [0.25, 0.3) is 5.91 Å². The number of halogens is 3. The van der Waals surface area contributed by atoms with Crippen LogP contribution >= 0.6 is 23.2 Å². The third-order valence-corrected chi connectivity index (χ3v) is 9.90. The maximum Gasteiger partial charge on any atom is 0.337 e. The van der Waals surface area contributed by atoms with E-state index in [4.69, 9.17) is 32.7 Å². The minimum Gasteiger partial charge on any atom is -0.478 e. The first-order chi connectivity index (χ1) is 21.7. The molecule has 3 aromatic rings. The minimum absolute atomic E-state index is 0.0358. The number of carbonyl (C=O) groups excluding carboxylic acids is 1. The van der Waals surface area contributed by atoms with E-state index in [1.807, 2.05) is 6.07 Å². The third kappa shape index (κ3) is 5.37. The van der Waals surface area contributed by atoms with E-state index in [1.54, 1.807) is 30.3 Å². The predicted octanol–water partition coefficient (Wildman–Crippen LogP) is 5.66. The van der Waals surface area contributed by atoms with Crippen molar-refractivity contribution in [1.82, 2.24) is 10.2 Å². The Morgan fingerprint density at radius 3 is 2.47 bits per heavy atom. The van der Waals surface area contributed by atoms with Crippen LogP contribution in [0.1, 0.15) is 46.0 Å². The zero-order valence-corrected chi connectivity index (χ0v) is 26.2. The molecule has 0 saturated carbocycles. The standard InChI is InChI=1S/C33H33Cl2FN4O5/c1-18-13-37-7-8-39(18)22-9-26(34)30(27(35)10-22)32(41)38-14-19-3-2-4-23(31(19)45-17-38)24-12-29(25(33(42)43)11-28(24)36)40-20-5-6-21(40)16-44-15-20/h2-4,9-12,18,20-21,37H,5-8,13-17H2,1H3,(H,42,43)/t18-,20?,21?/m1/s1. The summed E-state index contributed by atoms with van der Waals surface area (Å²) in [5.74, 6) is -1.78. The van der Waals surface area contributed by atoms with E-state index in [0.29, 0.717) is 35.8 Å². The first-order valence-electron chi connectivity index (χ1n) is 15.1. The van der Waals surface area contributed by atoms with E-state index in [1.165, 1.54) is 4.90 Å². The van der Waals surface area contributed by atoms with Gasteiger partial charge in [0, 0.05) is 48.1 Å².